The van der Waals surface area contributed by atoms with Crippen molar-refractivity contribution in [3.63, 3.8) is 0 Å². The molecule has 1 heterocycles. The maximum atomic E-state index is 11.8. The Morgan fingerprint density at radius 3 is 2.40 bits per heavy atom. The molecule has 1 fully saturated rings. The lowest BCUT2D eigenvalue weighted by atomic mass is 10.4. The van der Waals surface area contributed by atoms with E-state index in [9.17, 15) is 13.2 Å². The highest BCUT2D eigenvalue weighted by Gasteiger charge is 2.49. The molecule has 0 saturated carbocycles. The molecule has 1 saturated heterocycles. The SMILES string of the molecule is O=C(O)C1CN1S(=O)(=O)c1ccccc1. The van der Waals surface area contributed by atoms with Crippen LogP contribution in [0.3, 0.4) is 0 Å². The number of carboxylic acids is 1. The van der Waals surface area contributed by atoms with Crippen molar-refractivity contribution in [3.05, 3.63) is 30.3 Å². The summed E-state index contributed by atoms with van der Waals surface area (Å²) in [5, 5.41) is 8.63. The van der Waals surface area contributed by atoms with E-state index in [0.717, 1.165) is 4.31 Å². The summed E-state index contributed by atoms with van der Waals surface area (Å²) >= 11 is 0. The van der Waals surface area contributed by atoms with Crippen LogP contribution in [0, 0.1) is 0 Å². The Morgan fingerprint density at radius 1 is 1.33 bits per heavy atom. The van der Waals surface area contributed by atoms with Crippen LogP contribution in [0.1, 0.15) is 0 Å². The molecule has 15 heavy (non-hydrogen) atoms. The molecular weight excluding hydrogens is 218 g/mol. The number of sulfonamides is 1. The standard InChI is InChI=1S/C9H9NO4S/c11-9(12)8-6-10(8)15(13,14)7-4-2-1-3-5-7/h1-5,8H,6H2,(H,11,12). The van der Waals surface area contributed by atoms with Gasteiger partial charge in [-0.2, -0.15) is 4.31 Å². The van der Waals surface area contributed by atoms with Crippen LogP contribution < -0.4 is 0 Å². The Morgan fingerprint density at radius 2 is 1.93 bits per heavy atom. The molecule has 5 nitrogen and oxygen atoms in total. The molecule has 2 atom stereocenters. The molecule has 1 N–H and O–H groups in total. The molecule has 0 radical (unpaired) electrons. The van der Waals surface area contributed by atoms with Gasteiger partial charge in [-0.15, -0.1) is 0 Å². The number of hydrogen-bond donors (Lipinski definition) is 1. The Kier molecular flexibility index (Phi) is 2.24. The molecule has 2 rings (SSSR count). The lowest BCUT2D eigenvalue weighted by Gasteiger charge is -2.03. The summed E-state index contributed by atoms with van der Waals surface area (Å²) in [6, 6.07) is 6.92. The van der Waals surface area contributed by atoms with Gasteiger partial charge in [-0.3, -0.25) is 4.79 Å². The normalized spacial score (nSPS) is 24.8. The minimum Gasteiger partial charge on any atom is -0.480 e. The van der Waals surface area contributed by atoms with E-state index in [1.165, 1.54) is 12.1 Å². The van der Waals surface area contributed by atoms with Crippen molar-refractivity contribution in [1.82, 2.24) is 4.31 Å². The molecule has 6 heteroatoms. The average Bonchev–Trinajstić information content (AvgIpc) is 2.99. The topological polar surface area (TPSA) is 74.4 Å². The van der Waals surface area contributed by atoms with Crippen LogP contribution in [0.2, 0.25) is 0 Å². The van der Waals surface area contributed by atoms with Crippen LogP contribution in [0.5, 0.6) is 0 Å². The number of aliphatic carboxylic acids is 1. The second-order valence-corrected chi connectivity index (χ2v) is 5.13. The third kappa shape index (κ3) is 1.73. The number of carbonyl (C=O) groups is 1. The van der Waals surface area contributed by atoms with Crippen molar-refractivity contribution in [2.24, 2.45) is 0 Å². The molecule has 1 aromatic rings. The van der Waals surface area contributed by atoms with Crippen molar-refractivity contribution in [3.8, 4) is 0 Å². The fraction of sp³-hybridized carbons (Fsp3) is 0.222. The predicted molar refractivity (Wildman–Crippen MR) is 51.8 cm³/mol. The Labute approximate surface area is 87.0 Å². The molecule has 0 bridgehead atoms. The van der Waals surface area contributed by atoms with E-state index in [-0.39, 0.29) is 11.4 Å². The maximum absolute atomic E-state index is 11.8. The average molecular weight is 227 g/mol. The van der Waals surface area contributed by atoms with E-state index in [1.807, 2.05) is 0 Å². The van der Waals surface area contributed by atoms with Gasteiger partial charge in [0.2, 0.25) is 10.0 Å². The molecule has 1 aromatic carbocycles. The monoisotopic (exact) mass is 227 g/mol. The first kappa shape index (κ1) is 10.1. The van der Waals surface area contributed by atoms with Crippen LogP contribution in [0.15, 0.2) is 35.2 Å². The molecule has 0 aromatic heterocycles. The van der Waals surface area contributed by atoms with E-state index in [1.54, 1.807) is 18.2 Å². The highest BCUT2D eigenvalue weighted by molar-refractivity contribution is 7.89. The smallest absolute Gasteiger partial charge is 0.323 e. The summed E-state index contributed by atoms with van der Waals surface area (Å²) in [4.78, 5) is 10.7. The summed E-state index contributed by atoms with van der Waals surface area (Å²) in [5.74, 6) is -1.10. The zero-order valence-electron chi connectivity index (χ0n) is 7.70. The van der Waals surface area contributed by atoms with Crippen LogP contribution >= 0.6 is 0 Å². The number of rotatable bonds is 3. The number of benzene rings is 1. The van der Waals surface area contributed by atoms with Gasteiger partial charge in [-0.05, 0) is 12.1 Å². The quantitative estimate of drug-likeness (QED) is 0.745. The Hall–Kier alpha value is -1.40. The Balaban J connectivity index is 2.28. The van der Waals surface area contributed by atoms with Crippen LogP contribution in [-0.4, -0.2) is 36.4 Å². The lowest BCUT2D eigenvalue weighted by molar-refractivity contribution is -0.136. The zero-order chi connectivity index (χ0) is 11.1. The summed E-state index contributed by atoms with van der Waals surface area (Å²) in [5.41, 5.74) is 0. The highest BCUT2D eigenvalue weighted by atomic mass is 32.2. The maximum Gasteiger partial charge on any atom is 0.323 e. The van der Waals surface area contributed by atoms with Gasteiger partial charge in [0.15, 0.2) is 0 Å². The van der Waals surface area contributed by atoms with Gasteiger partial charge < -0.3 is 5.11 Å². The molecule has 2 unspecified atom stereocenters. The van der Waals surface area contributed by atoms with Gasteiger partial charge in [0.1, 0.15) is 6.04 Å². The number of nitrogens with zero attached hydrogens (tertiary/aromatic N) is 1. The molecular formula is C9H9NO4S. The molecule has 0 aliphatic carbocycles. The lowest BCUT2D eigenvalue weighted by Crippen LogP contribution is -2.18. The van der Waals surface area contributed by atoms with Crippen molar-refractivity contribution < 1.29 is 18.3 Å². The largest absolute Gasteiger partial charge is 0.480 e. The minimum absolute atomic E-state index is 0.0621. The van der Waals surface area contributed by atoms with Crippen LogP contribution in [0.4, 0.5) is 0 Å². The fourth-order valence-electron chi connectivity index (χ4n) is 1.32. The van der Waals surface area contributed by atoms with Crippen molar-refractivity contribution in [2.75, 3.05) is 6.54 Å². The fourth-order valence-corrected chi connectivity index (χ4v) is 2.85. The third-order valence-corrected chi connectivity index (χ3v) is 4.09. The van der Waals surface area contributed by atoms with Gasteiger partial charge in [0.25, 0.3) is 0 Å². The van der Waals surface area contributed by atoms with E-state index in [2.05, 4.69) is 0 Å². The van der Waals surface area contributed by atoms with E-state index in [0.29, 0.717) is 0 Å². The van der Waals surface area contributed by atoms with Gasteiger partial charge >= 0.3 is 5.97 Å². The summed E-state index contributed by atoms with van der Waals surface area (Å²) in [6.07, 6.45) is 0. The first-order valence-electron chi connectivity index (χ1n) is 4.33. The molecule has 0 amide bonds. The van der Waals surface area contributed by atoms with Gasteiger partial charge in [-0.25, -0.2) is 8.42 Å². The first-order valence-corrected chi connectivity index (χ1v) is 5.77. The van der Waals surface area contributed by atoms with Gasteiger partial charge in [-0.1, -0.05) is 18.2 Å². The second kappa shape index (κ2) is 3.32. The molecule has 0 spiro atoms. The highest BCUT2D eigenvalue weighted by Crippen LogP contribution is 2.27. The van der Waals surface area contributed by atoms with Crippen LogP contribution in [0.25, 0.3) is 0 Å². The Bertz CT molecular complexity index is 482. The van der Waals surface area contributed by atoms with Gasteiger partial charge in [0, 0.05) is 6.54 Å². The third-order valence-electron chi connectivity index (χ3n) is 2.20. The number of carboxylic acid groups (broad SMARTS) is 1. The van der Waals surface area contributed by atoms with Crippen molar-refractivity contribution in [1.29, 1.82) is 0 Å². The molecule has 1 aliphatic rings. The van der Waals surface area contributed by atoms with E-state index in [4.69, 9.17) is 5.11 Å². The van der Waals surface area contributed by atoms with Gasteiger partial charge in [0.05, 0.1) is 4.90 Å². The minimum atomic E-state index is -3.61. The molecule has 1 aliphatic heterocycles. The van der Waals surface area contributed by atoms with Crippen molar-refractivity contribution in [2.45, 2.75) is 10.9 Å². The zero-order valence-corrected chi connectivity index (χ0v) is 8.52. The number of hydrogen-bond acceptors (Lipinski definition) is 3. The van der Waals surface area contributed by atoms with Crippen LogP contribution in [-0.2, 0) is 14.8 Å². The summed E-state index contributed by atoms with van der Waals surface area (Å²) in [7, 11) is -3.61. The van der Waals surface area contributed by atoms with Crippen molar-refractivity contribution >= 4 is 16.0 Å². The van der Waals surface area contributed by atoms with E-state index >= 15 is 0 Å². The van der Waals surface area contributed by atoms with E-state index < -0.39 is 22.0 Å². The predicted octanol–water partition coefficient (Wildman–Crippen LogP) is 0.144. The first-order chi connectivity index (χ1) is 7.03. The summed E-state index contributed by atoms with van der Waals surface area (Å²) in [6.45, 7) is 0.0621. The second-order valence-electron chi connectivity index (χ2n) is 3.24. The molecule has 80 valence electrons. The summed E-state index contributed by atoms with van der Waals surface area (Å²) < 4.78 is 24.5.